The molecule has 1 N–H and O–H groups in total. The largest absolute Gasteiger partial charge is 0.459 e. The van der Waals surface area contributed by atoms with Crippen molar-refractivity contribution in [3.05, 3.63) is 35.8 Å². The van der Waals surface area contributed by atoms with Crippen LogP contribution >= 0.6 is 0 Å². The van der Waals surface area contributed by atoms with Crippen LogP contribution in [0.2, 0.25) is 0 Å². The van der Waals surface area contributed by atoms with Gasteiger partial charge in [0.1, 0.15) is 0 Å². The van der Waals surface area contributed by atoms with Crippen molar-refractivity contribution in [2.45, 2.75) is 32.7 Å². The molecular formula is C17H22N2O2. The maximum Gasteiger partial charge on any atom is 0.287 e. The van der Waals surface area contributed by atoms with Crippen molar-refractivity contribution < 1.29 is 9.21 Å². The van der Waals surface area contributed by atoms with Crippen molar-refractivity contribution in [1.82, 2.24) is 10.2 Å². The number of nitrogens with one attached hydrogen (secondary N) is 1. The van der Waals surface area contributed by atoms with Crippen molar-refractivity contribution in [2.24, 2.45) is 0 Å². The molecule has 0 unspecified atom stereocenters. The second-order valence-electron chi connectivity index (χ2n) is 5.33. The van der Waals surface area contributed by atoms with E-state index in [1.165, 1.54) is 11.8 Å². The van der Waals surface area contributed by atoms with Crippen LogP contribution in [0.4, 0.5) is 0 Å². The van der Waals surface area contributed by atoms with Crippen molar-refractivity contribution in [2.75, 3.05) is 19.6 Å². The lowest BCUT2D eigenvalue weighted by Crippen LogP contribution is -2.34. The minimum Gasteiger partial charge on any atom is -0.459 e. The zero-order valence-corrected chi connectivity index (χ0v) is 12.7. The van der Waals surface area contributed by atoms with E-state index in [0.29, 0.717) is 5.76 Å². The van der Waals surface area contributed by atoms with Gasteiger partial charge in [0.25, 0.3) is 5.91 Å². The Kier molecular flexibility index (Phi) is 5.65. The molecule has 21 heavy (non-hydrogen) atoms. The normalized spacial score (nSPS) is 16.6. The number of hydrogen-bond acceptors (Lipinski definition) is 3. The lowest BCUT2D eigenvalue weighted by atomic mass is 10.0. The van der Waals surface area contributed by atoms with Crippen molar-refractivity contribution in [3.63, 3.8) is 0 Å². The molecule has 4 nitrogen and oxygen atoms in total. The van der Waals surface area contributed by atoms with Crippen LogP contribution in [0.5, 0.6) is 0 Å². The first kappa shape index (κ1) is 15.4. The summed E-state index contributed by atoms with van der Waals surface area (Å²) in [5.74, 6) is 6.23. The van der Waals surface area contributed by atoms with Gasteiger partial charge < -0.3 is 9.73 Å². The van der Waals surface area contributed by atoms with Crippen molar-refractivity contribution in [1.29, 1.82) is 0 Å². The van der Waals surface area contributed by atoms with Crippen LogP contribution in [0.3, 0.4) is 0 Å². The third kappa shape index (κ3) is 4.80. The van der Waals surface area contributed by atoms with E-state index in [4.69, 9.17) is 4.42 Å². The molecule has 1 aromatic heterocycles. The lowest BCUT2D eigenvalue weighted by molar-refractivity contribution is 0.0912. The van der Waals surface area contributed by atoms with Crippen LogP contribution in [0, 0.1) is 11.8 Å². The first-order valence-corrected chi connectivity index (χ1v) is 7.33. The molecule has 0 aromatic carbocycles. The van der Waals surface area contributed by atoms with Gasteiger partial charge in [0.15, 0.2) is 5.76 Å². The van der Waals surface area contributed by atoms with E-state index < -0.39 is 0 Å². The molecule has 0 saturated carbocycles. The average Bonchev–Trinajstić information content (AvgIpc) is 3.01. The van der Waals surface area contributed by atoms with Crippen molar-refractivity contribution in [3.8, 4) is 11.8 Å². The van der Waals surface area contributed by atoms with E-state index in [-0.39, 0.29) is 11.9 Å². The Bertz CT molecular complexity index is 549. The minimum atomic E-state index is -0.149. The smallest absolute Gasteiger partial charge is 0.287 e. The first-order chi connectivity index (χ1) is 10.2. The summed E-state index contributed by atoms with van der Waals surface area (Å²) >= 11 is 0. The summed E-state index contributed by atoms with van der Waals surface area (Å²) < 4.78 is 5.09. The lowest BCUT2D eigenvalue weighted by Gasteiger charge is -2.25. The molecule has 0 spiro atoms. The molecule has 4 heteroatoms. The molecule has 2 rings (SSSR count). The summed E-state index contributed by atoms with van der Waals surface area (Å²) in [6.07, 6.45) is 5.71. The van der Waals surface area contributed by atoms with Crippen LogP contribution in [-0.4, -0.2) is 36.5 Å². The van der Waals surface area contributed by atoms with E-state index >= 15 is 0 Å². The highest BCUT2D eigenvalue weighted by Gasteiger charge is 2.16. The van der Waals surface area contributed by atoms with Crippen LogP contribution in [0.15, 0.2) is 34.5 Å². The Morgan fingerprint density at radius 3 is 3.05 bits per heavy atom. The average molecular weight is 286 g/mol. The Morgan fingerprint density at radius 1 is 1.57 bits per heavy atom. The number of carbonyl (C=O) groups excluding carboxylic acids is 1. The van der Waals surface area contributed by atoms with Crippen molar-refractivity contribution >= 4 is 5.91 Å². The van der Waals surface area contributed by atoms with Gasteiger partial charge in [-0.2, -0.15) is 0 Å². The maximum absolute atomic E-state index is 11.9. The molecule has 2 heterocycles. The van der Waals surface area contributed by atoms with Gasteiger partial charge in [0, 0.05) is 19.1 Å². The summed E-state index contributed by atoms with van der Waals surface area (Å²) in [5, 5.41) is 2.97. The van der Waals surface area contributed by atoms with Gasteiger partial charge in [-0.3, -0.25) is 9.69 Å². The number of amides is 1. The highest BCUT2D eigenvalue weighted by molar-refractivity contribution is 5.91. The zero-order valence-electron chi connectivity index (χ0n) is 12.7. The monoisotopic (exact) mass is 286 g/mol. The predicted octanol–water partition coefficient (Wildman–Crippen LogP) is 2.44. The SMILES string of the molecule is CC#CCN1CC=C(C[C@H](C)NC(=O)c2ccco2)CC1. The fourth-order valence-electron chi connectivity index (χ4n) is 2.42. The van der Waals surface area contributed by atoms with Gasteiger partial charge in [-0.15, -0.1) is 5.92 Å². The maximum atomic E-state index is 11.9. The molecule has 0 aliphatic carbocycles. The third-order valence-electron chi connectivity index (χ3n) is 3.56. The van der Waals surface area contributed by atoms with E-state index in [1.54, 1.807) is 12.1 Å². The first-order valence-electron chi connectivity index (χ1n) is 7.33. The fraction of sp³-hybridized carbons (Fsp3) is 0.471. The van der Waals surface area contributed by atoms with E-state index in [0.717, 1.165) is 32.5 Å². The van der Waals surface area contributed by atoms with E-state index in [9.17, 15) is 4.79 Å². The standard InChI is InChI=1S/C17H22N2O2/c1-3-4-9-19-10-7-15(8-11-19)13-14(2)18-17(20)16-6-5-12-21-16/h5-7,12,14H,8-11,13H2,1-2H3,(H,18,20)/t14-/m0/s1. The third-order valence-corrected chi connectivity index (χ3v) is 3.56. The zero-order chi connectivity index (χ0) is 15.1. The Morgan fingerprint density at radius 2 is 2.43 bits per heavy atom. The molecule has 0 fully saturated rings. The van der Waals surface area contributed by atoms with Gasteiger partial charge in [-0.25, -0.2) is 0 Å². The number of hydrogen-bond donors (Lipinski definition) is 1. The molecule has 1 atom stereocenters. The topological polar surface area (TPSA) is 45.5 Å². The van der Waals surface area contributed by atoms with Crippen LogP contribution in [0.25, 0.3) is 0 Å². The predicted molar refractivity (Wildman–Crippen MR) is 82.8 cm³/mol. The minimum absolute atomic E-state index is 0.107. The molecule has 0 radical (unpaired) electrons. The molecule has 1 aromatic rings. The molecule has 112 valence electrons. The molecule has 0 bridgehead atoms. The summed E-state index contributed by atoms with van der Waals surface area (Å²) in [4.78, 5) is 14.2. The van der Waals surface area contributed by atoms with Gasteiger partial charge in [-0.05, 0) is 38.8 Å². The summed E-state index contributed by atoms with van der Waals surface area (Å²) in [5.41, 5.74) is 1.41. The quantitative estimate of drug-likeness (QED) is 0.668. The molecular weight excluding hydrogens is 264 g/mol. The van der Waals surface area contributed by atoms with Crippen LogP contribution < -0.4 is 5.32 Å². The highest BCUT2D eigenvalue weighted by Crippen LogP contribution is 2.16. The molecule has 1 aliphatic heterocycles. The number of rotatable bonds is 5. The second kappa shape index (κ2) is 7.70. The van der Waals surface area contributed by atoms with Gasteiger partial charge in [-0.1, -0.05) is 17.6 Å². The van der Waals surface area contributed by atoms with E-state index in [1.807, 2.05) is 13.8 Å². The van der Waals surface area contributed by atoms with Crippen LogP contribution in [-0.2, 0) is 0 Å². The molecule has 1 aliphatic rings. The molecule has 0 saturated heterocycles. The number of nitrogens with zero attached hydrogens (tertiary/aromatic N) is 1. The second-order valence-corrected chi connectivity index (χ2v) is 5.33. The molecule has 1 amide bonds. The van der Waals surface area contributed by atoms with Gasteiger partial charge >= 0.3 is 0 Å². The summed E-state index contributed by atoms with van der Waals surface area (Å²) in [7, 11) is 0. The highest BCUT2D eigenvalue weighted by atomic mass is 16.3. The Hall–Kier alpha value is -1.99. The fourth-order valence-corrected chi connectivity index (χ4v) is 2.42. The Labute approximate surface area is 126 Å². The van der Waals surface area contributed by atoms with Crippen LogP contribution in [0.1, 0.15) is 37.2 Å². The summed E-state index contributed by atoms with van der Waals surface area (Å²) in [6.45, 7) is 6.72. The van der Waals surface area contributed by atoms with Gasteiger partial charge in [0.2, 0.25) is 0 Å². The Balaban J connectivity index is 1.78. The van der Waals surface area contributed by atoms with Gasteiger partial charge in [0.05, 0.1) is 12.8 Å². The number of carbonyl (C=O) groups is 1. The van der Waals surface area contributed by atoms with E-state index in [2.05, 4.69) is 28.1 Å². The number of furan rings is 1. The summed E-state index contributed by atoms with van der Waals surface area (Å²) in [6, 6.07) is 3.50.